The third-order valence-electron chi connectivity index (χ3n) is 5.28. The van der Waals surface area contributed by atoms with Crippen molar-refractivity contribution >= 4 is 6.03 Å². The minimum Gasteiger partial charge on any atom is -0.393 e. The van der Waals surface area contributed by atoms with Gasteiger partial charge in [0.1, 0.15) is 0 Å². The largest absolute Gasteiger partial charge is 0.393 e. The third kappa shape index (κ3) is 4.96. The molecular weight excluding hydrogens is 288 g/mol. The Morgan fingerprint density at radius 2 is 1.61 bits per heavy atom. The number of aliphatic hydroxyl groups excluding tert-OH is 1. The van der Waals surface area contributed by atoms with E-state index in [1.54, 1.807) is 0 Å². The van der Waals surface area contributed by atoms with Gasteiger partial charge in [-0.05, 0) is 62.8 Å². The normalized spacial score (nSPS) is 30.8. The predicted molar refractivity (Wildman–Crippen MR) is 91.2 cm³/mol. The van der Waals surface area contributed by atoms with Gasteiger partial charge in [0.05, 0.1) is 6.10 Å². The molecule has 23 heavy (non-hydrogen) atoms. The second-order valence-corrected chi connectivity index (χ2v) is 7.19. The van der Waals surface area contributed by atoms with Crippen LogP contribution in [0.3, 0.4) is 0 Å². The van der Waals surface area contributed by atoms with Gasteiger partial charge in [-0.15, -0.1) is 0 Å². The van der Waals surface area contributed by atoms with Crippen molar-refractivity contribution < 1.29 is 9.90 Å². The summed E-state index contributed by atoms with van der Waals surface area (Å²) in [5, 5.41) is 15.7. The third-order valence-corrected chi connectivity index (χ3v) is 5.28. The standard InChI is InChI=1S/C19H28N2O2/c22-18-10-8-16(9-11-18)20-19(23)21-17-7-6-15(13-17)12-14-4-2-1-3-5-14/h1-5,15-18,22H,6-13H2,(H2,20,21,23)/t15-,16?,17+,18?/m0/s1. The molecule has 3 N–H and O–H groups in total. The Bertz CT molecular complexity index is 497. The summed E-state index contributed by atoms with van der Waals surface area (Å²) >= 11 is 0. The summed E-state index contributed by atoms with van der Waals surface area (Å²) in [4.78, 5) is 12.1. The highest BCUT2D eigenvalue weighted by atomic mass is 16.3. The number of amides is 2. The minimum absolute atomic E-state index is 0.0308. The maximum Gasteiger partial charge on any atom is 0.315 e. The number of hydrogen-bond acceptors (Lipinski definition) is 2. The van der Waals surface area contributed by atoms with E-state index < -0.39 is 0 Å². The first-order valence-electron chi connectivity index (χ1n) is 8.98. The number of urea groups is 1. The van der Waals surface area contributed by atoms with Gasteiger partial charge in [0.2, 0.25) is 0 Å². The Hall–Kier alpha value is -1.55. The average molecular weight is 316 g/mol. The zero-order valence-corrected chi connectivity index (χ0v) is 13.7. The molecule has 2 aliphatic rings. The second-order valence-electron chi connectivity index (χ2n) is 7.19. The Morgan fingerprint density at radius 3 is 2.35 bits per heavy atom. The highest BCUT2D eigenvalue weighted by molar-refractivity contribution is 5.74. The van der Waals surface area contributed by atoms with Crippen LogP contribution in [0.1, 0.15) is 50.5 Å². The van der Waals surface area contributed by atoms with Gasteiger partial charge in [0.25, 0.3) is 0 Å². The molecule has 3 rings (SSSR count). The summed E-state index contributed by atoms with van der Waals surface area (Å²) < 4.78 is 0. The lowest BCUT2D eigenvalue weighted by molar-refractivity contribution is 0.117. The molecule has 0 radical (unpaired) electrons. The van der Waals surface area contributed by atoms with Crippen LogP contribution in [0.2, 0.25) is 0 Å². The Morgan fingerprint density at radius 1 is 0.957 bits per heavy atom. The molecule has 0 aliphatic heterocycles. The molecule has 2 fully saturated rings. The fourth-order valence-corrected chi connectivity index (χ4v) is 3.97. The summed E-state index contributed by atoms with van der Waals surface area (Å²) in [6, 6.07) is 11.1. The molecule has 0 bridgehead atoms. The van der Waals surface area contributed by atoms with E-state index in [9.17, 15) is 9.90 Å². The first-order chi connectivity index (χ1) is 11.2. The van der Waals surface area contributed by atoms with Crippen LogP contribution in [0.25, 0.3) is 0 Å². The topological polar surface area (TPSA) is 61.4 Å². The molecule has 0 unspecified atom stereocenters. The number of carbonyl (C=O) groups is 1. The lowest BCUT2D eigenvalue weighted by Crippen LogP contribution is -2.47. The van der Waals surface area contributed by atoms with Gasteiger partial charge in [-0.25, -0.2) is 4.79 Å². The molecule has 126 valence electrons. The molecule has 4 nitrogen and oxygen atoms in total. The monoisotopic (exact) mass is 316 g/mol. The van der Waals surface area contributed by atoms with Crippen molar-refractivity contribution in [2.75, 3.05) is 0 Å². The van der Waals surface area contributed by atoms with Crippen LogP contribution in [0, 0.1) is 5.92 Å². The zero-order chi connectivity index (χ0) is 16.1. The second kappa shape index (κ2) is 7.82. The number of rotatable bonds is 4. The molecule has 2 saturated carbocycles. The van der Waals surface area contributed by atoms with Gasteiger partial charge >= 0.3 is 6.03 Å². The van der Waals surface area contributed by atoms with Gasteiger partial charge in [-0.3, -0.25) is 0 Å². The minimum atomic E-state index is -0.176. The lowest BCUT2D eigenvalue weighted by atomic mass is 9.93. The molecule has 1 aromatic carbocycles. The van der Waals surface area contributed by atoms with Crippen LogP contribution in [0.5, 0.6) is 0 Å². The van der Waals surface area contributed by atoms with Gasteiger partial charge in [0.15, 0.2) is 0 Å². The number of aliphatic hydroxyl groups is 1. The summed E-state index contributed by atoms with van der Waals surface area (Å²) in [6.07, 6.45) is 7.65. The highest BCUT2D eigenvalue weighted by Crippen LogP contribution is 2.28. The van der Waals surface area contributed by atoms with Gasteiger partial charge in [-0.2, -0.15) is 0 Å². The Labute approximate surface area is 138 Å². The van der Waals surface area contributed by atoms with E-state index in [-0.39, 0.29) is 18.2 Å². The molecule has 0 spiro atoms. The molecule has 0 heterocycles. The summed E-state index contributed by atoms with van der Waals surface area (Å²) in [5.74, 6) is 0.674. The maximum absolute atomic E-state index is 12.1. The van der Waals surface area contributed by atoms with E-state index in [0.29, 0.717) is 12.0 Å². The number of benzene rings is 1. The molecule has 2 atom stereocenters. The first kappa shape index (κ1) is 16.3. The smallest absolute Gasteiger partial charge is 0.315 e. The quantitative estimate of drug-likeness (QED) is 0.799. The Balaban J connectivity index is 1.38. The van der Waals surface area contributed by atoms with Crippen LogP contribution < -0.4 is 10.6 Å². The van der Waals surface area contributed by atoms with E-state index in [1.165, 1.54) is 12.0 Å². The van der Waals surface area contributed by atoms with E-state index in [2.05, 4.69) is 41.0 Å². The van der Waals surface area contributed by atoms with Crippen LogP contribution in [0.4, 0.5) is 4.79 Å². The maximum atomic E-state index is 12.1. The van der Waals surface area contributed by atoms with Crippen molar-refractivity contribution in [3.05, 3.63) is 35.9 Å². The number of hydrogen-bond donors (Lipinski definition) is 3. The van der Waals surface area contributed by atoms with Crippen molar-refractivity contribution in [2.24, 2.45) is 5.92 Å². The average Bonchev–Trinajstić information content (AvgIpc) is 2.97. The summed E-state index contributed by atoms with van der Waals surface area (Å²) in [7, 11) is 0. The van der Waals surface area contributed by atoms with Crippen molar-refractivity contribution in [3.8, 4) is 0 Å². The van der Waals surface area contributed by atoms with Gasteiger partial charge in [0, 0.05) is 12.1 Å². The van der Waals surface area contributed by atoms with Crippen LogP contribution in [-0.4, -0.2) is 29.3 Å². The van der Waals surface area contributed by atoms with Crippen molar-refractivity contribution in [1.29, 1.82) is 0 Å². The Kier molecular flexibility index (Phi) is 5.55. The van der Waals surface area contributed by atoms with Crippen molar-refractivity contribution in [2.45, 2.75) is 69.6 Å². The van der Waals surface area contributed by atoms with Gasteiger partial charge in [-0.1, -0.05) is 30.3 Å². The van der Waals surface area contributed by atoms with E-state index >= 15 is 0 Å². The molecule has 0 aromatic heterocycles. The SMILES string of the molecule is O=C(NC1CCC(O)CC1)N[C@@H]1CC[C@@H](Cc2ccccc2)C1. The van der Waals surface area contributed by atoms with Crippen molar-refractivity contribution in [3.63, 3.8) is 0 Å². The van der Waals surface area contributed by atoms with Gasteiger partial charge < -0.3 is 15.7 Å². The van der Waals surface area contributed by atoms with E-state index in [4.69, 9.17) is 0 Å². The molecule has 2 amide bonds. The lowest BCUT2D eigenvalue weighted by Gasteiger charge is -2.27. The van der Waals surface area contributed by atoms with Crippen LogP contribution >= 0.6 is 0 Å². The van der Waals surface area contributed by atoms with Crippen LogP contribution in [-0.2, 0) is 6.42 Å². The molecule has 2 aliphatic carbocycles. The van der Waals surface area contributed by atoms with Crippen LogP contribution in [0.15, 0.2) is 30.3 Å². The highest BCUT2D eigenvalue weighted by Gasteiger charge is 2.27. The molecule has 4 heteroatoms. The zero-order valence-electron chi connectivity index (χ0n) is 13.7. The number of nitrogens with one attached hydrogen (secondary N) is 2. The predicted octanol–water partition coefficient (Wildman–Crippen LogP) is 3.00. The van der Waals surface area contributed by atoms with E-state index in [1.807, 2.05) is 0 Å². The summed E-state index contributed by atoms with van der Waals surface area (Å²) in [5.41, 5.74) is 1.39. The number of carbonyl (C=O) groups excluding carboxylic acids is 1. The molecular formula is C19H28N2O2. The molecule has 1 aromatic rings. The van der Waals surface area contributed by atoms with Crippen molar-refractivity contribution in [1.82, 2.24) is 10.6 Å². The summed E-state index contributed by atoms with van der Waals surface area (Å²) in [6.45, 7) is 0. The fourth-order valence-electron chi connectivity index (χ4n) is 3.97. The molecule has 0 saturated heterocycles. The first-order valence-corrected chi connectivity index (χ1v) is 8.98. The van der Waals surface area contributed by atoms with E-state index in [0.717, 1.165) is 44.9 Å². The fraction of sp³-hybridized carbons (Fsp3) is 0.632.